The smallest absolute Gasteiger partial charge is 0.0221 e. The van der Waals surface area contributed by atoms with Crippen molar-refractivity contribution in [2.75, 3.05) is 19.6 Å². The summed E-state index contributed by atoms with van der Waals surface area (Å²) >= 11 is 0. The van der Waals surface area contributed by atoms with Gasteiger partial charge in [0, 0.05) is 18.6 Å². The Morgan fingerprint density at radius 2 is 2.06 bits per heavy atom. The van der Waals surface area contributed by atoms with E-state index in [-0.39, 0.29) is 0 Å². The van der Waals surface area contributed by atoms with E-state index in [4.69, 9.17) is 0 Å². The van der Waals surface area contributed by atoms with Gasteiger partial charge in [-0.3, -0.25) is 4.90 Å². The quantitative estimate of drug-likeness (QED) is 0.640. The average Bonchev–Trinajstić information content (AvgIpc) is 2.69. The summed E-state index contributed by atoms with van der Waals surface area (Å²) in [7, 11) is 0. The maximum Gasteiger partial charge on any atom is 0.0221 e. The zero-order valence-corrected chi connectivity index (χ0v) is 11.5. The molecule has 0 aromatic rings. The summed E-state index contributed by atoms with van der Waals surface area (Å²) in [5, 5.41) is 3.58. The lowest BCUT2D eigenvalue weighted by atomic mass is 10.1. The van der Waals surface area contributed by atoms with Gasteiger partial charge in [-0.05, 0) is 32.4 Å². The Bertz CT molecular complexity index is 168. The van der Waals surface area contributed by atoms with Crippen LogP contribution in [-0.2, 0) is 0 Å². The molecule has 2 nitrogen and oxygen atoms in total. The molecule has 1 atom stereocenters. The van der Waals surface area contributed by atoms with Crippen LogP contribution in [0, 0.1) is 0 Å². The summed E-state index contributed by atoms with van der Waals surface area (Å²) in [4.78, 5) is 2.70. The van der Waals surface area contributed by atoms with Crippen LogP contribution in [0.1, 0.15) is 59.3 Å². The van der Waals surface area contributed by atoms with E-state index in [1.165, 1.54) is 58.2 Å². The molecule has 0 amide bonds. The highest BCUT2D eigenvalue weighted by atomic mass is 15.2. The monoisotopic (exact) mass is 226 g/mol. The fourth-order valence-electron chi connectivity index (χ4n) is 2.53. The van der Waals surface area contributed by atoms with Crippen molar-refractivity contribution in [1.82, 2.24) is 10.2 Å². The molecule has 1 aliphatic rings. The van der Waals surface area contributed by atoms with Gasteiger partial charge in [0.05, 0.1) is 0 Å². The van der Waals surface area contributed by atoms with Crippen LogP contribution in [0.4, 0.5) is 0 Å². The Balaban J connectivity index is 2.13. The summed E-state index contributed by atoms with van der Waals surface area (Å²) in [5.41, 5.74) is 0. The largest absolute Gasteiger partial charge is 0.313 e. The Labute approximate surface area is 102 Å². The van der Waals surface area contributed by atoms with Gasteiger partial charge in [-0.25, -0.2) is 0 Å². The van der Waals surface area contributed by atoms with Crippen molar-refractivity contribution in [1.29, 1.82) is 0 Å². The van der Waals surface area contributed by atoms with E-state index >= 15 is 0 Å². The van der Waals surface area contributed by atoms with Gasteiger partial charge in [-0.15, -0.1) is 0 Å². The third kappa shape index (κ3) is 5.31. The lowest BCUT2D eigenvalue weighted by Gasteiger charge is -2.25. The van der Waals surface area contributed by atoms with E-state index in [0.29, 0.717) is 6.04 Å². The Morgan fingerprint density at radius 3 is 2.75 bits per heavy atom. The predicted octanol–water partition coefficient (Wildman–Crippen LogP) is 3.03. The second-order valence-corrected chi connectivity index (χ2v) is 5.46. The summed E-state index contributed by atoms with van der Waals surface area (Å²) < 4.78 is 0. The predicted molar refractivity (Wildman–Crippen MR) is 71.9 cm³/mol. The molecule has 1 rings (SSSR count). The fourth-order valence-corrected chi connectivity index (χ4v) is 2.53. The molecule has 1 heterocycles. The third-order valence-electron chi connectivity index (χ3n) is 3.56. The molecule has 96 valence electrons. The van der Waals surface area contributed by atoms with Gasteiger partial charge in [0.15, 0.2) is 0 Å². The molecular formula is C14H30N2. The molecule has 1 aliphatic heterocycles. The van der Waals surface area contributed by atoms with Crippen LogP contribution in [0.3, 0.4) is 0 Å². The second-order valence-electron chi connectivity index (χ2n) is 5.46. The molecule has 0 aromatic heterocycles. The maximum atomic E-state index is 3.58. The van der Waals surface area contributed by atoms with E-state index in [9.17, 15) is 0 Å². The van der Waals surface area contributed by atoms with Gasteiger partial charge in [-0.1, -0.05) is 40.0 Å². The molecule has 1 fully saturated rings. The summed E-state index contributed by atoms with van der Waals surface area (Å²) in [6.45, 7) is 10.6. The van der Waals surface area contributed by atoms with Crippen LogP contribution in [0.2, 0.25) is 0 Å². The number of likely N-dealkylation sites (tertiary alicyclic amines) is 1. The van der Waals surface area contributed by atoms with E-state index in [0.717, 1.165) is 6.04 Å². The van der Waals surface area contributed by atoms with Crippen molar-refractivity contribution < 1.29 is 0 Å². The number of unbranched alkanes of at least 4 members (excludes halogenated alkanes) is 3. The zero-order chi connectivity index (χ0) is 11.8. The van der Waals surface area contributed by atoms with Crippen LogP contribution in [-0.4, -0.2) is 36.6 Å². The van der Waals surface area contributed by atoms with Crippen LogP contribution in [0.5, 0.6) is 0 Å². The topological polar surface area (TPSA) is 15.3 Å². The van der Waals surface area contributed by atoms with Gasteiger partial charge in [0.2, 0.25) is 0 Å². The second kappa shape index (κ2) is 8.08. The van der Waals surface area contributed by atoms with Gasteiger partial charge in [0.1, 0.15) is 0 Å². The first kappa shape index (κ1) is 14.0. The normalized spacial score (nSPS) is 22.1. The van der Waals surface area contributed by atoms with Crippen LogP contribution in [0.15, 0.2) is 0 Å². The van der Waals surface area contributed by atoms with Gasteiger partial charge < -0.3 is 5.32 Å². The maximum absolute atomic E-state index is 3.58. The Morgan fingerprint density at radius 1 is 1.25 bits per heavy atom. The summed E-state index contributed by atoms with van der Waals surface area (Å²) in [6.07, 6.45) is 8.36. The SMILES string of the molecule is CCCCCCN1CCCC1CNC(C)C. The molecule has 1 N–H and O–H groups in total. The standard InChI is InChI=1S/C14H30N2/c1-4-5-6-7-10-16-11-8-9-14(16)12-15-13(2)3/h13-15H,4-12H2,1-3H3. The van der Waals surface area contributed by atoms with Gasteiger partial charge in [-0.2, -0.15) is 0 Å². The van der Waals surface area contributed by atoms with Crippen molar-refractivity contribution >= 4 is 0 Å². The Kier molecular flexibility index (Phi) is 7.06. The lowest BCUT2D eigenvalue weighted by Crippen LogP contribution is -2.40. The molecular weight excluding hydrogens is 196 g/mol. The third-order valence-corrected chi connectivity index (χ3v) is 3.56. The van der Waals surface area contributed by atoms with Crippen molar-refractivity contribution in [2.24, 2.45) is 0 Å². The fraction of sp³-hybridized carbons (Fsp3) is 1.00. The number of hydrogen-bond donors (Lipinski definition) is 1. The molecule has 0 saturated carbocycles. The Hall–Kier alpha value is -0.0800. The molecule has 0 aliphatic carbocycles. The molecule has 16 heavy (non-hydrogen) atoms. The minimum absolute atomic E-state index is 0.627. The molecule has 0 bridgehead atoms. The summed E-state index contributed by atoms with van der Waals surface area (Å²) in [6, 6.07) is 1.44. The first-order valence-corrected chi connectivity index (χ1v) is 7.21. The van der Waals surface area contributed by atoms with E-state index in [1.54, 1.807) is 0 Å². The number of nitrogens with one attached hydrogen (secondary N) is 1. The first-order chi connectivity index (χ1) is 7.74. The van der Waals surface area contributed by atoms with E-state index < -0.39 is 0 Å². The number of rotatable bonds is 8. The van der Waals surface area contributed by atoms with Gasteiger partial charge >= 0.3 is 0 Å². The van der Waals surface area contributed by atoms with E-state index in [2.05, 4.69) is 31.0 Å². The molecule has 0 radical (unpaired) electrons. The van der Waals surface area contributed by atoms with Crippen molar-refractivity contribution in [2.45, 2.75) is 71.4 Å². The van der Waals surface area contributed by atoms with E-state index in [1.807, 2.05) is 0 Å². The van der Waals surface area contributed by atoms with Gasteiger partial charge in [0.25, 0.3) is 0 Å². The minimum Gasteiger partial charge on any atom is -0.313 e. The molecule has 1 saturated heterocycles. The number of hydrogen-bond acceptors (Lipinski definition) is 2. The van der Waals surface area contributed by atoms with Crippen molar-refractivity contribution in [3.05, 3.63) is 0 Å². The van der Waals surface area contributed by atoms with Crippen LogP contribution < -0.4 is 5.32 Å². The minimum atomic E-state index is 0.627. The van der Waals surface area contributed by atoms with Crippen LogP contribution >= 0.6 is 0 Å². The zero-order valence-electron chi connectivity index (χ0n) is 11.5. The van der Waals surface area contributed by atoms with Crippen LogP contribution in [0.25, 0.3) is 0 Å². The highest BCUT2D eigenvalue weighted by Crippen LogP contribution is 2.17. The first-order valence-electron chi connectivity index (χ1n) is 7.21. The van der Waals surface area contributed by atoms with Crippen molar-refractivity contribution in [3.63, 3.8) is 0 Å². The highest BCUT2D eigenvalue weighted by molar-refractivity contribution is 4.81. The van der Waals surface area contributed by atoms with Crippen molar-refractivity contribution in [3.8, 4) is 0 Å². The highest BCUT2D eigenvalue weighted by Gasteiger charge is 2.23. The summed E-state index contributed by atoms with van der Waals surface area (Å²) in [5.74, 6) is 0. The molecule has 1 unspecified atom stereocenters. The molecule has 0 spiro atoms. The average molecular weight is 226 g/mol. The molecule has 2 heteroatoms. The number of nitrogens with zero attached hydrogens (tertiary/aromatic N) is 1. The lowest BCUT2D eigenvalue weighted by molar-refractivity contribution is 0.239. The molecule has 0 aromatic carbocycles.